The number of pyridine rings is 1. The third-order valence-corrected chi connectivity index (χ3v) is 6.56. The Hall–Kier alpha value is -2.52. The van der Waals surface area contributed by atoms with E-state index in [9.17, 15) is 9.59 Å². The van der Waals surface area contributed by atoms with Crippen molar-refractivity contribution in [1.29, 1.82) is 0 Å². The lowest BCUT2D eigenvalue weighted by molar-refractivity contribution is -0.125. The summed E-state index contributed by atoms with van der Waals surface area (Å²) in [7, 11) is 0. The second-order valence-electron chi connectivity index (χ2n) is 9.04. The number of morpholine rings is 1. The van der Waals surface area contributed by atoms with E-state index in [2.05, 4.69) is 20.4 Å². The summed E-state index contributed by atoms with van der Waals surface area (Å²) in [6.45, 7) is 7.47. The molecule has 9 nitrogen and oxygen atoms in total. The fraction of sp³-hybridized carbons (Fsp3) is 0.652. The number of ether oxygens (including phenoxy) is 2. The van der Waals surface area contributed by atoms with Crippen molar-refractivity contribution in [1.82, 2.24) is 20.4 Å². The molecule has 0 atom stereocenters. The highest BCUT2D eigenvalue weighted by Crippen LogP contribution is 2.34. The molecule has 0 bridgehead atoms. The fourth-order valence-electron chi connectivity index (χ4n) is 4.76. The molecule has 3 heterocycles. The van der Waals surface area contributed by atoms with Crippen LogP contribution in [0.15, 0.2) is 16.8 Å². The number of carbonyl (C=O) groups excluding carboxylic acids is 2. The van der Waals surface area contributed by atoms with Crippen molar-refractivity contribution in [2.24, 2.45) is 0 Å². The third kappa shape index (κ3) is 4.94. The number of amides is 1. The normalized spacial score (nSPS) is 19.2. The van der Waals surface area contributed by atoms with Crippen LogP contribution in [0.2, 0.25) is 0 Å². The summed E-state index contributed by atoms with van der Waals surface area (Å²) in [6, 6.07) is 1.66. The van der Waals surface area contributed by atoms with Gasteiger partial charge in [-0.3, -0.25) is 9.69 Å². The Morgan fingerprint density at radius 3 is 2.69 bits per heavy atom. The van der Waals surface area contributed by atoms with Gasteiger partial charge < -0.3 is 19.3 Å². The average Bonchev–Trinajstić information content (AvgIpc) is 3.26. The topological polar surface area (TPSA) is 107 Å². The maximum Gasteiger partial charge on any atom is 0.340 e. The summed E-state index contributed by atoms with van der Waals surface area (Å²) in [5.74, 6) is -0.752. The maximum absolute atomic E-state index is 12.5. The molecule has 32 heavy (non-hydrogen) atoms. The quantitative estimate of drug-likeness (QED) is 0.650. The highest BCUT2D eigenvalue weighted by Gasteiger charge is 2.38. The molecule has 2 aromatic rings. The first kappa shape index (κ1) is 22.7. The van der Waals surface area contributed by atoms with E-state index in [-0.39, 0.29) is 29.5 Å². The minimum absolute atomic E-state index is 0.0296. The van der Waals surface area contributed by atoms with Gasteiger partial charge in [-0.15, -0.1) is 0 Å². The van der Waals surface area contributed by atoms with Crippen LogP contribution in [-0.2, 0) is 14.3 Å². The van der Waals surface area contributed by atoms with Crippen molar-refractivity contribution >= 4 is 23.0 Å². The predicted octanol–water partition coefficient (Wildman–Crippen LogP) is 2.65. The molecule has 1 saturated carbocycles. The second kappa shape index (κ2) is 9.95. The molecule has 1 aliphatic carbocycles. The first-order valence-corrected chi connectivity index (χ1v) is 11.5. The smallest absolute Gasteiger partial charge is 0.340 e. The van der Waals surface area contributed by atoms with Crippen LogP contribution in [0.1, 0.15) is 67.9 Å². The number of hydrogen-bond donors (Lipinski definition) is 1. The Labute approximate surface area is 187 Å². The summed E-state index contributed by atoms with van der Waals surface area (Å²) in [5, 5.41) is 7.71. The van der Waals surface area contributed by atoms with E-state index in [1.807, 2.05) is 13.8 Å². The van der Waals surface area contributed by atoms with Gasteiger partial charge in [0, 0.05) is 31.4 Å². The summed E-state index contributed by atoms with van der Waals surface area (Å²) in [5.41, 5.74) is 1.36. The Kier molecular flexibility index (Phi) is 7.05. The molecule has 2 aromatic heterocycles. The van der Waals surface area contributed by atoms with E-state index in [0.717, 1.165) is 44.8 Å². The SMILES string of the molecule is CC(C)c1noc2ncc(C(=O)OCC(=O)NCC3(N4CCOCC4)CCCCC3)cc12. The molecule has 0 unspecified atom stereocenters. The number of esters is 1. The van der Waals surface area contributed by atoms with Crippen molar-refractivity contribution in [3.05, 3.63) is 23.5 Å². The highest BCUT2D eigenvalue weighted by atomic mass is 16.5. The Morgan fingerprint density at radius 1 is 1.22 bits per heavy atom. The van der Waals surface area contributed by atoms with E-state index in [0.29, 0.717) is 17.6 Å². The lowest BCUT2D eigenvalue weighted by atomic mass is 9.79. The summed E-state index contributed by atoms with van der Waals surface area (Å²) in [6.07, 6.45) is 7.08. The van der Waals surface area contributed by atoms with Crippen LogP contribution in [0.4, 0.5) is 0 Å². The van der Waals surface area contributed by atoms with E-state index >= 15 is 0 Å². The van der Waals surface area contributed by atoms with E-state index in [4.69, 9.17) is 14.0 Å². The number of nitrogens with one attached hydrogen (secondary N) is 1. The van der Waals surface area contributed by atoms with Crippen LogP contribution in [0, 0.1) is 0 Å². The third-order valence-electron chi connectivity index (χ3n) is 6.56. The van der Waals surface area contributed by atoms with Gasteiger partial charge in [0.25, 0.3) is 11.6 Å². The van der Waals surface area contributed by atoms with Crippen LogP contribution in [0.3, 0.4) is 0 Å². The summed E-state index contributed by atoms with van der Waals surface area (Å²) >= 11 is 0. The molecule has 1 amide bonds. The predicted molar refractivity (Wildman–Crippen MR) is 117 cm³/mol. The van der Waals surface area contributed by atoms with Gasteiger partial charge in [-0.05, 0) is 24.8 Å². The average molecular weight is 445 g/mol. The lowest BCUT2D eigenvalue weighted by Crippen LogP contribution is -2.59. The Balaban J connectivity index is 1.33. The molecule has 4 rings (SSSR count). The van der Waals surface area contributed by atoms with Crippen molar-refractivity contribution in [3.63, 3.8) is 0 Å². The monoisotopic (exact) mass is 444 g/mol. The van der Waals surface area contributed by atoms with E-state index < -0.39 is 5.97 Å². The van der Waals surface area contributed by atoms with Gasteiger partial charge in [0.2, 0.25) is 0 Å². The number of nitrogens with zero attached hydrogens (tertiary/aromatic N) is 3. The Morgan fingerprint density at radius 2 is 1.97 bits per heavy atom. The molecule has 0 aromatic carbocycles. The van der Waals surface area contributed by atoms with Crippen LogP contribution in [0.5, 0.6) is 0 Å². The standard InChI is InChI=1S/C23H32N4O5/c1-16(2)20-18-12-17(13-24-21(18)32-26-20)22(29)31-14-19(28)25-15-23(6-4-3-5-7-23)27-8-10-30-11-9-27/h12-13,16H,3-11,14-15H2,1-2H3,(H,25,28). The number of carbonyl (C=O) groups is 2. The molecule has 1 saturated heterocycles. The molecule has 2 aliphatic rings. The van der Waals surface area contributed by atoms with E-state index in [1.54, 1.807) is 6.07 Å². The first-order valence-electron chi connectivity index (χ1n) is 11.5. The number of aromatic nitrogens is 2. The molecular formula is C23H32N4O5. The molecule has 2 fully saturated rings. The molecule has 0 radical (unpaired) electrons. The van der Waals surface area contributed by atoms with Crippen LogP contribution in [-0.4, -0.2) is 71.9 Å². The molecule has 1 aliphatic heterocycles. The highest BCUT2D eigenvalue weighted by molar-refractivity contribution is 5.94. The number of hydrogen-bond acceptors (Lipinski definition) is 8. The first-order chi connectivity index (χ1) is 15.5. The van der Waals surface area contributed by atoms with E-state index in [1.165, 1.54) is 25.5 Å². The van der Waals surface area contributed by atoms with Gasteiger partial charge in [-0.1, -0.05) is 38.3 Å². The molecular weight excluding hydrogens is 412 g/mol. The number of fused-ring (bicyclic) bond motifs is 1. The fourth-order valence-corrected chi connectivity index (χ4v) is 4.76. The zero-order chi connectivity index (χ0) is 22.6. The largest absolute Gasteiger partial charge is 0.452 e. The van der Waals surface area contributed by atoms with Gasteiger partial charge in [-0.25, -0.2) is 9.78 Å². The minimum Gasteiger partial charge on any atom is -0.452 e. The second-order valence-corrected chi connectivity index (χ2v) is 9.04. The van der Waals surface area contributed by atoms with Gasteiger partial charge >= 0.3 is 5.97 Å². The van der Waals surface area contributed by atoms with Gasteiger partial charge in [0.05, 0.1) is 29.9 Å². The van der Waals surface area contributed by atoms with Crippen LogP contribution >= 0.6 is 0 Å². The summed E-state index contributed by atoms with van der Waals surface area (Å²) < 4.78 is 16.0. The molecule has 9 heteroatoms. The van der Waals surface area contributed by atoms with Crippen LogP contribution in [0.25, 0.3) is 11.1 Å². The van der Waals surface area contributed by atoms with Crippen molar-refractivity contribution in [3.8, 4) is 0 Å². The molecule has 1 N–H and O–H groups in total. The van der Waals surface area contributed by atoms with Gasteiger partial charge in [-0.2, -0.15) is 0 Å². The zero-order valence-electron chi connectivity index (χ0n) is 18.9. The van der Waals surface area contributed by atoms with Crippen LogP contribution < -0.4 is 5.32 Å². The lowest BCUT2D eigenvalue weighted by Gasteiger charge is -2.48. The van der Waals surface area contributed by atoms with Crippen molar-refractivity contribution < 1.29 is 23.6 Å². The molecule has 174 valence electrons. The van der Waals surface area contributed by atoms with Gasteiger partial charge in [0.1, 0.15) is 0 Å². The number of rotatable bonds is 7. The maximum atomic E-state index is 12.5. The Bertz CT molecular complexity index is 945. The van der Waals surface area contributed by atoms with Gasteiger partial charge in [0.15, 0.2) is 6.61 Å². The zero-order valence-corrected chi connectivity index (χ0v) is 18.9. The van der Waals surface area contributed by atoms with Crippen molar-refractivity contribution in [2.75, 3.05) is 39.5 Å². The minimum atomic E-state index is -0.592. The summed E-state index contributed by atoms with van der Waals surface area (Å²) in [4.78, 5) is 31.6. The van der Waals surface area contributed by atoms with Crippen molar-refractivity contribution in [2.45, 2.75) is 57.4 Å². The molecule has 0 spiro atoms.